The van der Waals surface area contributed by atoms with Crippen molar-refractivity contribution in [3.05, 3.63) is 46.9 Å². The molecule has 2 amide bonds. The fourth-order valence-corrected chi connectivity index (χ4v) is 3.52. The lowest BCUT2D eigenvalue weighted by molar-refractivity contribution is -0.0970. The number of amides is 2. The fourth-order valence-electron chi connectivity index (χ4n) is 3.52. The molecular formula is C20H28FN5O3. The number of nitrogens with zero attached hydrogens (tertiary/aromatic N) is 2. The van der Waals surface area contributed by atoms with Gasteiger partial charge >= 0.3 is 6.03 Å². The molecule has 0 saturated carbocycles. The summed E-state index contributed by atoms with van der Waals surface area (Å²) in [5.74, 6) is 0.336. The molecule has 0 saturated heterocycles. The van der Waals surface area contributed by atoms with Gasteiger partial charge in [0, 0.05) is 38.8 Å². The summed E-state index contributed by atoms with van der Waals surface area (Å²) in [7, 11) is 3.02. The van der Waals surface area contributed by atoms with Crippen molar-refractivity contribution in [2.75, 3.05) is 32.6 Å². The van der Waals surface area contributed by atoms with Crippen LogP contribution in [-0.4, -0.2) is 49.4 Å². The van der Waals surface area contributed by atoms with Gasteiger partial charge in [0.2, 0.25) is 0 Å². The van der Waals surface area contributed by atoms with Gasteiger partial charge in [-0.15, -0.1) is 0 Å². The molecule has 2 aromatic rings. The minimum Gasteiger partial charge on any atom is -0.354 e. The number of ether oxygens (including phenoxy) is 2. The zero-order valence-corrected chi connectivity index (χ0v) is 17.2. The molecule has 1 unspecified atom stereocenters. The van der Waals surface area contributed by atoms with E-state index in [1.54, 1.807) is 16.8 Å². The third-order valence-corrected chi connectivity index (χ3v) is 5.18. The van der Waals surface area contributed by atoms with Crippen molar-refractivity contribution < 1.29 is 18.7 Å². The molecule has 0 fully saturated rings. The molecule has 0 aliphatic carbocycles. The minimum absolute atomic E-state index is 0.0499. The molecule has 158 valence electrons. The number of hydrogen-bond donors (Lipinski definition) is 3. The Balaban J connectivity index is 1.88. The van der Waals surface area contributed by atoms with Crippen molar-refractivity contribution in [2.24, 2.45) is 0 Å². The highest BCUT2D eigenvalue weighted by Gasteiger charge is 2.28. The van der Waals surface area contributed by atoms with Crippen LogP contribution in [0, 0.1) is 5.82 Å². The Morgan fingerprint density at radius 3 is 2.69 bits per heavy atom. The summed E-state index contributed by atoms with van der Waals surface area (Å²) in [5, 5.41) is 13.9. The van der Waals surface area contributed by atoms with Gasteiger partial charge in [-0.3, -0.25) is 5.32 Å². The molecule has 2 heterocycles. The molecule has 1 aliphatic heterocycles. The Morgan fingerprint density at radius 1 is 1.34 bits per heavy atom. The zero-order chi connectivity index (χ0) is 21.0. The molecule has 3 rings (SSSR count). The number of aromatic nitrogens is 2. The predicted octanol–water partition coefficient (Wildman–Crippen LogP) is 2.58. The number of benzene rings is 1. The molecule has 1 aliphatic rings. The number of carbonyl (C=O) groups is 1. The number of carbonyl (C=O) groups excluding carboxylic acids is 1. The molecular weight excluding hydrogens is 377 g/mol. The highest BCUT2D eigenvalue weighted by molar-refractivity contribution is 5.89. The summed E-state index contributed by atoms with van der Waals surface area (Å²) in [4.78, 5) is 12.6. The van der Waals surface area contributed by atoms with Gasteiger partial charge in [0.25, 0.3) is 0 Å². The summed E-state index contributed by atoms with van der Waals surface area (Å²) < 4.78 is 25.3. The number of methoxy groups -OCH3 is 2. The van der Waals surface area contributed by atoms with E-state index in [1.807, 2.05) is 13.8 Å². The lowest BCUT2D eigenvalue weighted by atomic mass is 10.0. The van der Waals surface area contributed by atoms with Crippen molar-refractivity contribution in [3.8, 4) is 0 Å². The zero-order valence-electron chi connectivity index (χ0n) is 17.2. The molecule has 1 aromatic heterocycles. The van der Waals surface area contributed by atoms with E-state index in [0.29, 0.717) is 5.82 Å². The summed E-state index contributed by atoms with van der Waals surface area (Å²) >= 11 is 0. The van der Waals surface area contributed by atoms with Crippen LogP contribution in [0.3, 0.4) is 0 Å². The second-order valence-corrected chi connectivity index (χ2v) is 7.04. The van der Waals surface area contributed by atoms with Crippen LogP contribution >= 0.6 is 0 Å². The van der Waals surface area contributed by atoms with Gasteiger partial charge in [-0.1, -0.05) is 12.1 Å². The van der Waals surface area contributed by atoms with Crippen molar-refractivity contribution in [1.29, 1.82) is 0 Å². The average molecular weight is 405 g/mol. The van der Waals surface area contributed by atoms with Crippen LogP contribution in [0.25, 0.3) is 0 Å². The summed E-state index contributed by atoms with van der Waals surface area (Å²) in [6.45, 7) is 5.04. The first-order valence-corrected chi connectivity index (χ1v) is 9.65. The largest absolute Gasteiger partial charge is 0.354 e. The van der Waals surface area contributed by atoms with E-state index < -0.39 is 6.29 Å². The predicted molar refractivity (Wildman–Crippen MR) is 107 cm³/mol. The van der Waals surface area contributed by atoms with Crippen LogP contribution in [0.1, 0.15) is 42.8 Å². The molecule has 3 N–H and O–H groups in total. The number of rotatable bonds is 7. The first-order chi connectivity index (χ1) is 13.9. The maximum Gasteiger partial charge on any atom is 0.320 e. The molecule has 0 spiro atoms. The number of halogens is 1. The van der Waals surface area contributed by atoms with Crippen molar-refractivity contribution >= 4 is 11.8 Å². The summed E-state index contributed by atoms with van der Waals surface area (Å²) in [6.07, 6.45) is 0.243. The van der Waals surface area contributed by atoms with E-state index in [2.05, 4.69) is 16.0 Å². The molecule has 0 bridgehead atoms. The maximum absolute atomic E-state index is 13.3. The van der Waals surface area contributed by atoms with Gasteiger partial charge in [0.1, 0.15) is 11.6 Å². The van der Waals surface area contributed by atoms with E-state index in [-0.39, 0.29) is 30.5 Å². The van der Waals surface area contributed by atoms with Crippen LogP contribution in [0.4, 0.5) is 15.0 Å². The number of nitrogens with one attached hydrogen (secondary N) is 3. The molecule has 1 aromatic carbocycles. The van der Waals surface area contributed by atoms with Crippen molar-refractivity contribution in [2.45, 2.75) is 38.6 Å². The first kappa shape index (κ1) is 21.2. The van der Waals surface area contributed by atoms with Gasteiger partial charge in [0.05, 0.1) is 18.3 Å². The van der Waals surface area contributed by atoms with Crippen LogP contribution < -0.4 is 16.0 Å². The monoisotopic (exact) mass is 405 g/mol. The number of hydrogen-bond acceptors (Lipinski definition) is 5. The first-order valence-electron chi connectivity index (χ1n) is 9.65. The van der Waals surface area contributed by atoms with Crippen molar-refractivity contribution in [3.63, 3.8) is 0 Å². The number of anilines is 1. The topological polar surface area (TPSA) is 89.4 Å². The molecule has 0 radical (unpaired) electrons. The normalized spacial score (nSPS) is 17.1. The maximum atomic E-state index is 13.3. The Kier molecular flexibility index (Phi) is 6.83. The lowest BCUT2D eigenvalue weighted by Gasteiger charge is -2.22. The van der Waals surface area contributed by atoms with Crippen LogP contribution in [0.5, 0.6) is 0 Å². The van der Waals surface area contributed by atoms with Crippen LogP contribution in [0.15, 0.2) is 24.3 Å². The van der Waals surface area contributed by atoms with E-state index in [9.17, 15) is 9.18 Å². The smallest absolute Gasteiger partial charge is 0.320 e. The Morgan fingerprint density at radius 2 is 2.03 bits per heavy atom. The SMILES string of the molecule is COC(CNC(=O)Nc1c2c(nn1C(C)c1ccc(F)cc1)CCN[C@H]2C)OC. The standard InChI is InChI=1S/C20H28FN5O3/c1-12-18-16(9-10-22-12)25-26(13(2)14-5-7-15(21)8-6-14)19(18)24-20(27)23-11-17(28-3)29-4/h5-8,12-13,17,22H,9-11H2,1-4H3,(H2,23,24,27)/t12-,13?/m0/s1. The molecule has 29 heavy (non-hydrogen) atoms. The van der Waals surface area contributed by atoms with Gasteiger partial charge in [-0.2, -0.15) is 5.10 Å². The van der Waals surface area contributed by atoms with Gasteiger partial charge in [-0.05, 0) is 31.5 Å². The third-order valence-electron chi connectivity index (χ3n) is 5.18. The lowest BCUT2D eigenvalue weighted by Crippen LogP contribution is -2.38. The Bertz CT molecular complexity index is 835. The van der Waals surface area contributed by atoms with E-state index in [1.165, 1.54) is 26.4 Å². The average Bonchev–Trinajstić information content (AvgIpc) is 3.08. The molecule has 8 nitrogen and oxygen atoms in total. The van der Waals surface area contributed by atoms with Gasteiger partial charge < -0.3 is 20.1 Å². The van der Waals surface area contributed by atoms with E-state index >= 15 is 0 Å². The van der Waals surface area contributed by atoms with E-state index in [4.69, 9.17) is 14.6 Å². The molecule has 2 atom stereocenters. The van der Waals surface area contributed by atoms with Gasteiger partial charge in [0.15, 0.2) is 6.29 Å². The third kappa shape index (κ3) is 4.75. The highest BCUT2D eigenvalue weighted by atomic mass is 19.1. The van der Waals surface area contributed by atoms with Crippen LogP contribution in [-0.2, 0) is 15.9 Å². The second-order valence-electron chi connectivity index (χ2n) is 7.04. The Labute approximate surface area is 169 Å². The quantitative estimate of drug-likeness (QED) is 0.616. The highest BCUT2D eigenvalue weighted by Crippen LogP contribution is 2.33. The fraction of sp³-hybridized carbons (Fsp3) is 0.500. The second kappa shape index (κ2) is 9.34. The van der Waals surface area contributed by atoms with Crippen LogP contribution in [0.2, 0.25) is 0 Å². The van der Waals surface area contributed by atoms with Crippen molar-refractivity contribution in [1.82, 2.24) is 20.4 Å². The number of fused-ring (bicyclic) bond motifs is 1. The number of urea groups is 1. The van der Waals surface area contributed by atoms with E-state index in [0.717, 1.165) is 29.8 Å². The Hall–Kier alpha value is -2.49. The molecule has 9 heteroatoms. The minimum atomic E-state index is -0.529. The summed E-state index contributed by atoms with van der Waals surface area (Å²) in [6, 6.07) is 5.80. The van der Waals surface area contributed by atoms with Gasteiger partial charge in [-0.25, -0.2) is 13.9 Å². The summed E-state index contributed by atoms with van der Waals surface area (Å²) in [5.41, 5.74) is 2.82.